The predicted octanol–water partition coefficient (Wildman–Crippen LogP) is 2.94. The number of benzene rings is 1. The van der Waals surface area contributed by atoms with Crippen LogP contribution in [0.1, 0.15) is 0 Å². The maximum absolute atomic E-state index is 5.74. The van der Waals surface area contributed by atoms with Gasteiger partial charge in [-0.05, 0) is 29.8 Å². The highest BCUT2D eigenvalue weighted by atomic mass is 35.5. The summed E-state index contributed by atoms with van der Waals surface area (Å²) >= 11 is 5.74. The lowest BCUT2D eigenvalue weighted by Gasteiger charge is -2.17. The molecule has 0 unspecified atom stereocenters. The summed E-state index contributed by atoms with van der Waals surface area (Å²) in [4.78, 5) is 9.97. The van der Waals surface area contributed by atoms with E-state index in [-0.39, 0.29) is 5.28 Å². The second kappa shape index (κ2) is 5.01. The molecule has 1 aromatic heterocycles. The van der Waals surface area contributed by atoms with Crippen molar-refractivity contribution in [2.24, 2.45) is 0 Å². The molecule has 0 aliphatic heterocycles. The third-order valence-corrected chi connectivity index (χ3v) is 2.46. The lowest BCUT2D eigenvalue weighted by molar-refractivity contribution is 1.13. The standard InChI is InChI=1S/C12H13ClN4/c1-17(2)10-6-4-3-5-9(10)15-11-7-8-14-12(13)16-11/h3-8H,1-2H3,(H,14,15,16). The van der Waals surface area contributed by atoms with E-state index < -0.39 is 0 Å². The second-order valence-electron chi connectivity index (χ2n) is 3.75. The fourth-order valence-electron chi connectivity index (χ4n) is 1.51. The molecule has 4 nitrogen and oxygen atoms in total. The third kappa shape index (κ3) is 2.85. The van der Waals surface area contributed by atoms with Crippen molar-refractivity contribution in [2.75, 3.05) is 24.3 Å². The molecule has 1 aromatic carbocycles. The van der Waals surface area contributed by atoms with Gasteiger partial charge in [-0.1, -0.05) is 12.1 Å². The zero-order chi connectivity index (χ0) is 12.3. The molecular weight excluding hydrogens is 236 g/mol. The van der Waals surface area contributed by atoms with Gasteiger partial charge < -0.3 is 10.2 Å². The molecular formula is C12H13ClN4. The molecule has 2 aromatic rings. The van der Waals surface area contributed by atoms with Gasteiger partial charge in [0.25, 0.3) is 0 Å². The van der Waals surface area contributed by atoms with Crippen molar-refractivity contribution >= 4 is 28.8 Å². The van der Waals surface area contributed by atoms with Crippen LogP contribution in [0.15, 0.2) is 36.5 Å². The van der Waals surface area contributed by atoms with Gasteiger partial charge in [-0.15, -0.1) is 0 Å². The van der Waals surface area contributed by atoms with Crippen LogP contribution in [0.4, 0.5) is 17.2 Å². The fraction of sp³-hybridized carbons (Fsp3) is 0.167. The van der Waals surface area contributed by atoms with E-state index in [0.29, 0.717) is 5.82 Å². The van der Waals surface area contributed by atoms with Gasteiger partial charge >= 0.3 is 0 Å². The highest BCUT2D eigenvalue weighted by molar-refractivity contribution is 6.28. The summed E-state index contributed by atoms with van der Waals surface area (Å²) < 4.78 is 0. The van der Waals surface area contributed by atoms with Gasteiger partial charge in [-0.2, -0.15) is 0 Å². The second-order valence-corrected chi connectivity index (χ2v) is 4.09. The first kappa shape index (κ1) is 11.7. The number of nitrogens with one attached hydrogen (secondary N) is 1. The Morgan fingerprint density at radius 2 is 1.94 bits per heavy atom. The molecule has 0 aliphatic carbocycles. The average molecular weight is 249 g/mol. The van der Waals surface area contributed by atoms with Crippen molar-refractivity contribution in [3.63, 3.8) is 0 Å². The molecule has 0 amide bonds. The van der Waals surface area contributed by atoms with Gasteiger partial charge in [0.1, 0.15) is 5.82 Å². The maximum Gasteiger partial charge on any atom is 0.224 e. The van der Waals surface area contributed by atoms with Gasteiger partial charge in [-0.25, -0.2) is 9.97 Å². The first-order chi connectivity index (χ1) is 8.16. The summed E-state index contributed by atoms with van der Waals surface area (Å²) in [5.41, 5.74) is 2.06. The van der Waals surface area contributed by atoms with Gasteiger partial charge in [0.2, 0.25) is 5.28 Å². The first-order valence-electron chi connectivity index (χ1n) is 5.19. The molecule has 0 radical (unpaired) electrons. The highest BCUT2D eigenvalue weighted by Crippen LogP contribution is 2.26. The Labute approximate surface area is 105 Å². The van der Waals surface area contributed by atoms with Crippen LogP contribution in [-0.2, 0) is 0 Å². The normalized spacial score (nSPS) is 10.1. The van der Waals surface area contributed by atoms with Crippen molar-refractivity contribution in [1.82, 2.24) is 9.97 Å². The molecule has 0 atom stereocenters. The summed E-state index contributed by atoms with van der Waals surface area (Å²) in [6.07, 6.45) is 1.62. The molecule has 0 aliphatic rings. The molecule has 88 valence electrons. The van der Waals surface area contributed by atoms with Crippen LogP contribution in [0.5, 0.6) is 0 Å². The molecule has 17 heavy (non-hydrogen) atoms. The molecule has 2 rings (SSSR count). The summed E-state index contributed by atoms with van der Waals surface area (Å²) in [7, 11) is 3.99. The van der Waals surface area contributed by atoms with Crippen LogP contribution in [-0.4, -0.2) is 24.1 Å². The lowest BCUT2D eigenvalue weighted by atomic mass is 10.2. The van der Waals surface area contributed by atoms with E-state index >= 15 is 0 Å². The number of para-hydroxylation sites is 2. The van der Waals surface area contributed by atoms with Gasteiger partial charge in [0.05, 0.1) is 11.4 Å². The number of halogens is 1. The van der Waals surface area contributed by atoms with Gasteiger partial charge in [-0.3, -0.25) is 0 Å². The van der Waals surface area contributed by atoms with Crippen LogP contribution in [0.25, 0.3) is 0 Å². The van der Waals surface area contributed by atoms with E-state index in [9.17, 15) is 0 Å². The van der Waals surface area contributed by atoms with Crippen LogP contribution in [0.3, 0.4) is 0 Å². The minimum Gasteiger partial charge on any atom is -0.376 e. The monoisotopic (exact) mass is 248 g/mol. The van der Waals surface area contributed by atoms with Gasteiger partial charge in [0, 0.05) is 20.3 Å². The van der Waals surface area contributed by atoms with Crippen molar-refractivity contribution in [3.05, 3.63) is 41.8 Å². The van der Waals surface area contributed by atoms with Gasteiger partial charge in [0.15, 0.2) is 0 Å². The van der Waals surface area contributed by atoms with E-state index in [2.05, 4.69) is 15.3 Å². The zero-order valence-corrected chi connectivity index (χ0v) is 10.4. The van der Waals surface area contributed by atoms with Crippen molar-refractivity contribution in [2.45, 2.75) is 0 Å². The first-order valence-corrected chi connectivity index (χ1v) is 5.56. The fourth-order valence-corrected chi connectivity index (χ4v) is 1.66. The van der Waals surface area contributed by atoms with Crippen LogP contribution in [0, 0.1) is 0 Å². The number of aromatic nitrogens is 2. The highest BCUT2D eigenvalue weighted by Gasteiger charge is 2.04. The zero-order valence-electron chi connectivity index (χ0n) is 9.68. The quantitative estimate of drug-likeness (QED) is 0.848. The average Bonchev–Trinajstić information content (AvgIpc) is 2.29. The molecule has 1 heterocycles. The number of rotatable bonds is 3. The topological polar surface area (TPSA) is 41.0 Å². The number of nitrogens with zero attached hydrogens (tertiary/aromatic N) is 3. The summed E-state index contributed by atoms with van der Waals surface area (Å²) in [5, 5.41) is 3.45. The van der Waals surface area contributed by atoms with Crippen molar-refractivity contribution < 1.29 is 0 Å². The van der Waals surface area contributed by atoms with E-state index in [0.717, 1.165) is 11.4 Å². The predicted molar refractivity (Wildman–Crippen MR) is 71.1 cm³/mol. The summed E-state index contributed by atoms with van der Waals surface area (Å²) in [5.74, 6) is 0.680. The smallest absolute Gasteiger partial charge is 0.224 e. The molecule has 5 heteroatoms. The third-order valence-electron chi connectivity index (χ3n) is 2.27. The Kier molecular flexibility index (Phi) is 3.44. The Morgan fingerprint density at radius 3 is 2.65 bits per heavy atom. The van der Waals surface area contributed by atoms with Crippen molar-refractivity contribution in [1.29, 1.82) is 0 Å². The number of hydrogen-bond acceptors (Lipinski definition) is 4. The van der Waals surface area contributed by atoms with Crippen LogP contribution < -0.4 is 10.2 Å². The minimum atomic E-state index is 0.234. The summed E-state index contributed by atoms with van der Waals surface area (Å²) in [6, 6.07) is 9.76. The molecule has 0 bridgehead atoms. The molecule has 0 spiro atoms. The van der Waals surface area contributed by atoms with Crippen LogP contribution in [0.2, 0.25) is 5.28 Å². The maximum atomic E-state index is 5.74. The van der Waals surface area contributed by atoms with E-state index in [1.54, 1.807) is 12.3 Å². The summed E-state index contributed by atoms with van der Waals surface area (Å²) in [6.45, 7) is 0. The Bertz CT molecular complexity index is 513. The molecule has 0 saturated heterocycles. The van der Waals surface area contributed by atoms with E-state index in [1.165, 1.54) is 0 Å². The van der Waals surface area contributed by atoms with E-state index in [1.807, 2.05) is 43.3 Å². The molecule has 0 saturated carbocycles. The Balaban J connectivity index is 2.30. The van der Waals surface area contributed by atoms with E-state index in [4.69, 9.17) is 11.6 Å². The van der Waals surface area contributed by atoms with Crippen molar-refractivity contribution in [3.8, 4) is 0 Å². The Morgan fingerprint density at radius 1 is 1.18 bits per heavy atom. The minimum absolute atomic E-state index is 0.234. The SMILES string of the molecule is CN(C)c1ccccc1Nc1ccnc(Cl)n1. The number of anilines is 3. The number of hydrogen-bond donors (Lipinski definition) is 1. The largest absolute Gasteiger partial charge is 0.376 e. The van der Waals surface area contributed by atoms with Crippen LogP contribution >= 0.6 is 11.6 Å². The Hall–Kier alpha value is -1.81. The lowest BCUT2D eigenvalue weighted by Crippen LogP contribution is -2.11. The molecule has 1 N–H and O–H groups in total. The molecule has 0 fully saturated rings.